The molecule has 0 aliphatic rings. The third-order valence-electron chi connectivity index (χ3n) is 3.39. The van der Waals surface area contributed by atoms with Crippen LogP contribution in [0, 0.1) is 0 Å². The number of carbonyl (C=O) groups excluding carboxylic acids is 1. The summed E-state index contributed by atoms with van der Waals surface area (Å²) in [4.78, 5) is 13.0. The van der Waals surface area contributed by atoms with Gasteiger partial charge >= 0.3 is 0 Å². The first-order chi connectivity index (χ1) is 11.6. The van der Waals surface area contributed by atoms with E-state index in [9.17, 15) is 4.79 Å². The molecular weight excluding hydrogens is 410 g/mol. The van der Waals surface area contributed by atoms with Gasteiger partial charge in [-0.05, 0) is 51.6 Å². The molecule has 0 aliphatic heterocycles. The molecule has 24 heavy (non-hydrogen) atoms. The Hall–Kier alpha value is -1.64. The Morgan fingerprint density at radius 1 is 1.29 bits per heavy atom. The predicted octanol–water partition coefficient (Wildman–Crippen LogP) is 4.29. The number of halogens is 1. The molecule has 0 amide bonds. The summed E-state index contributed by atoms with van der Waals surface area (Å²) in [6.45, 7) is 0. The summed E-state index contributed by atoms with van der Waals surface area (Å²) < 4.78 is 7.90. The zero-order chi connectivity index (χ0) is 17.1. The van der Waals surface area contributed by atoms with Gasteiger partial charge in [0.2, 0.25) is 0 Å². The average molecular weight is 424 g/mol. The molecule has 0 saturated carbocycles. The van der Waals surface area contributed by atoms with E-state index in [1.807, 2.05) is 47.3 Å². The third-order valence-corrected chi connectivity index (χ3v) is 6.28. The van der Waals surface area contributed by atoms with Crippen molar-refractivity contribution in [2.45, 2.75) is 5.16 Å². The maximum absolute atomic E-state index is 12.2. The number of rotatable bonds is 6. The van der Waals surface area contributed by atoms with Crippen LogP contribution < -0.4 is 4.74 Å². The first-order valence-corrected chi connectivity index (χ1v) is 9.68. The summed E-state index contributed by atoms with van der Waals surface area (Å²) in [6.07, 6.45) is 0. The number of ketones is 1. The second-order valence-corrected chi connectivity index (χ2v) is 7.62. The zero-order valence-corrected chi connectivity index (χ0v) is 16.2. The Kier molecular flexibility index (Phi) is 5.37. The zero-order valence-electron chi connectivity index (χ0n) is 13.0. The van der Waals surface area contributed by atoms with Crippen molar-refractivity contribution in [2.24, 2.45) is 7.05 Å². The van der Waals surface area contributed by atoms with Gasteiger partial charge in [-0.1, -0.05) is 11.8 Å². The van der Waals surface area contributed by atoms with Crippen LogP contribution >= 0.6 is 39.0 Å². The van der Waals surface area contributed by atoms with Gasteiger partial charge in [0.25, 0.3) is 0 Å². The van der Waals surface area contributed by atoms with Crippen molar-refractivity contribution in [3.05, 3.63) is 45.1 Å². The van der Waals surface area contributed by atoms with E-state index in [1.54, 1.807) is 7.11 Å². The fraction of sp³-hybridized carbons (Fsp3) is 0.188. The molecule has 8 heteroatoms. The fourth-order valence-corrected chi connectivity index (χ4v) is 4.53. The number of benzene rings is 1. The number of nitrogens with zero attached hydrogens (tertiary/aromatic N) is 3. The Morgan fingerprint density at radius 2 is 2.04 bits per heavy atom. The molecule has 0 radical (unpaired) electrons. The molecule has 124 valence electrons. The van der Waals surface area contributed by atoms with Crippen LogP contribution in [0.3, 0.4) is 0 Å². The lowest BCUT2D eigenvalue weighted by molar-refractivity contribution is 0.102. The van der Waals surface area contributed by atoms with Crippen LogP contribution in [-0.2, 0) is 7.05 Å². The molecule has 0 bridgehead atoms. The topological polar surface area (TPSA) is 57.0 Å². The highest BCUT2D eigenvalue weighted by Crippen LogP contribution is 2.27. The fourth-order valence-electron chi connectivity index (χ4n) is 2.12. The number of ether oxygens (including phenoxy) is 1. The molecule has 0 N–H and O–H groups in total. The van der Waals surface area contributed by atoms with Gasteiger partial charge < -0.3 is 9.30 Å². The SMILES string of the molecule is COc1ccc(-c2nnc(SCC(=O)c3sccc3Br)n2C)cc1. The Balaban J connectivity index is 1.73. The van der Waals surface area contributed by atoms with Gasteiger partial charge in [-0.25, -0.2) is 0 Å². The van der Waals surface area contributed by atoms with Crippen LogP contribution in [-0.4, -0.2) is 33.4 Å². The second kappa shape index (κ2) is 7.50. The molecule has 1 aromatic carbocycles. The lowest BCUT2D eigenvalue weighted by Crippen LogP contribution is -2.02. The smallest absolute Gasteiger partial charge is 0.191 e. The first-order valence-electron chi connectivity index (χ1n) is 7.03. The lowest BCUT2D eigenvalue weighted by atomic mass is 10.2. The van der Waals surface area contributed by atoms with Crippen LogP contribution in [0.2, 0.25) is 0 Å². The van der Waals surface area contributed by atoms with Gasteiger partial charge in [0, 0.05) is 17.1 Å². The summed E-state index contributed by atoms with van der Waals surface area (Å²) in [5, 5.41) is 11.0. The molecule has 5 nitrogen and oxygen atoms in total. The first kappa shape index (κ1) is 17.2. The number of thiophene rings is 1. The summed E-state index contributed by atoms with van der Waals surface area (Å²) >= 11 is 6.22. The van der Waals surface area contributed by atoms with Gasteiger partial charge in [-0.2, -0.15) is 0 Å². The maximum Gasteiger partial charge on any atom is 0.191 e. The monoisotopic (exact) mass is 423 g/mol. The van der Waals surface area contributed by atoms with Gasteiger partial charge in [0.05, 0.1) is 17.7 Å². The van der Waals surface area contributed by atoms with Crippen LogP contribution in [0.15, 0.2) is 45.3 Å². The molecule has 0 unspecified atom stereocenters. The summed E-state index contributed by atoms with van der Waals surface area (Å²) in [7, 11) is 3.53. The van der Waals surface area contributed by atoms with E-state index < -0.39 is 0 Å². The number of carbonyl (C=O) groups is 1. The number of Topliss-reactive ketones (excluding diaryl/α,β-unsaturated/α-hetero) is 1. The number of hydrogen-bond donors (Lipinski definition) is 0. The van der Waals surface area contributed by atoms with E-state index >= 15 is 0 Å². The average Bonchev–Trinajstić information content (AvgIpc) is 3.19. The Labute approximate surface area is 156 Å². The van der Waals surface area contributed by atoms with E-state index in [2.05, 4.69) is 26.1 Å². The third kappa shape index (κ3) is 3.55. The summed E-state index contributed by atoms with van der Waals surface area (Å²) in [6, 6.07) is 9.52. The van der Waals surface area contributed by atoms with Gasteiger partial charge in [-0.3, -0.25) is 4.79 Å². The molecule has 0 fully saturated rings. The quantitative estimate of drug-likeness (QED) is 0.437. The van der Waals surface area contributed by atoms with Crippen molar-refractivity contribution in [1.82, 2.24) is 14.8 Å². The normalized spacial score (nSPS) is 10.8. The van der Waals surface area contributed by atoms with E-state index in [-0.39, 0.29) is 5.78 Å². The molecule has 0 spiro atoms. The molecule has 0 atom stereocenters. The highest BCUT2D eigenvalue weighted by Gasteiger charge is 2.16. The van der Waals surface area contributed by atoms with Crippen LogP contribution in [0.1, 0.15) is 9.67 Å². The van der Waals surface area contributed by atoms with Gasteiger partial charge in [-0.15, -0.1) is 21.5 Å². The minimum absolute atomic E-state index is 0.0795. The van der Waals surface area contributed by atoms with Gasteiger partial charge in [0.1, 0.15) is 5.75 Å². The van der Waals surface area contributed by atoms with Crippen LogP contribution in [0.4, 0.5) is 0 Å². The van der Waals surface area contributed by atoms with E-state index in [1.165, 1.54) is 23.1 Å². The molecular formula is C16H14BrN3O2S2. The number of aromatic nitrogens is 3. The maximum atomic E-state index is 12.2. The Bertz CT molecular complexity index is 859. The molecule has 3 aromatic rings. The van der Waals surface area contributed by atoms with Crippen LogP contribution in [0.5, 0.6) is 5.75 Å². The minimum atomic E-state index is 0.0795. The highest BCUT2D eigenvalue weighted by molar-refractivity contribution is 9.10. The Morgan fingerprint density at radius 3 is 2.67 bits per heavy atom. The number of thioether (sulfide) groups is 1. The van der Waals surface area contributed by atoms with E-state index in [0.29, 0.717) is 10.9 Å². The standard InChI is InChI=1S/C16H14BrN3O2S2/c1-20-15(10-3-5-11(22-2)6-4-10)18-19-16(20)24-9-13(21)14-12(17)7-8-23-14/h3-8H,9H2,1-2H3. The van der Waals surface area contributed by atoms with Crippen molar-refractivity contribution in [1.29, 1.82) is 0 Å². The van der Waals surface area contributed by atoms with Crippen molar-refractivity contribution >= 4 is 44.8 Å². The number of methoxy groups -OCH3 is 1. The summed E-state index contributed by atoms with van der Waals surface area (Å²) in [5.74, 6) is 1.96. The minimum Gasteiger partial charge on any atom is -0.497 e. The highest BCUT2D eigenvalue weighted by atomic mass is 79.9. The molecule has 3 rings (SSSR count). The summed E-state index contributed by atoms with van der Waals surface area (Å²) in [5.41, 5.74) is 0.949. The van der Waals surface area contributed by atoms with E-state index in [0.717, 1.165) is 26.5 Å². The van der Waals surface area contributed by atoms with Crippen molar-refractivity contribution in [3.8, 4) is 17.1 Å². The van der Waals surface area contributed by atoms with Crippen LogP contribution in [0.25, 0.3) is 11.4 Å². The van der Waals surface area contributed by atoms with E-state index in [4.69, 9.17) is 4.74 Å². The van der Waals surface area contributed by atoms with Crippen molar-refractivity contribution in [3.63, 3.8) is 0 Å². The molecule has 2 aromatic heterocycles. The predicted molar refractivity (Wildman–Crippen MR) is 100 cm³/mol. The largest absolute Gasteiger partial charge is 0.497 e. The molecule has 0 aliphatic carbocycles. The molecule has 2 heterocycles. The second-order valence-electron chi connectivity index (χ2n) is 4.90. The lowest BCUT2D eigenvalue weighted by Gasteiger charge is -2.05. The van der Waals surface area contributed by atoms with Crippen molar-refractivity contribution < 1.29 is 9.53 Å². The molecule has 0 saturated heterocycles. The van der Waals surface area contributed by atoms with Crippen molar-refractivity contribution in [2.75, 3.05) is 12.9 Å². The number of hydrogen-bond acceptors (Lipinski definition) is 6. The van der Waals surface area contributed by atoms with Gasteiger partial charge in [0.15, 0.2) is 16.8 Å².